The molecule has 0 radical (unpaired) electrons. The Morgan fingerprint density at radius 2 is 1.91 bits per heavy atom. The van der Waals surface area contributed by atoms with Crippen molar-refractivity contribution in [2.24, 2.45) is 10.9 Å². The summed E-state index contributed by atoms with van der Waals surface area (Å²) in [6.45, 7) is 5.69. The Morgan fingerprint density at radius 1 is 1.23 bits per heavy atom. The number of guanidine groups is 1. The molecule has 0 spiro atoms. The van der Waals surface area contributed by atoms with Crippen molar-refractivity contribution in [3.63, 3.8) is 0 Å². The predicted octanol–water partition coefficient (Wildman–Crippen LogP) is 1.23. The fourth-order valence-electron chi connectivity index (χ4n) is 1.76. The van der Waals surface area contributed by atoms with Gasteiger partial charge in [0.15, 0.2) is 5.96 Å². The standard InChI is InChI=1S/C16H32N4O2/c1-4-5-9-17-16(19-12-15(21)20(2)3)18-10-6-11-22-13-14-7-8-14/h14H,4-13H2,1-3H3,(H2,17,18,19). The van der Waals surface area contributed by atoms with Gasteiger partial charge in [-0.1, -0.05) is 13.3 Å². The first-order chi connectivity index (χ1) is 10.6. The monoisotopic (exact) mass is 312 g/mol. The predicted molar refractivity (Wildman–Crippen MR) is 90.1 cm³/mol. The largest absolute Gasteiger partial charge is 0.381 e. The zero-order chi connectivity index (χ0) is 16.2. The van der Waals surface area contributed by atoms with Crippen LogP contribution in [0.4, 0.5) is 0 Å². The lowest BCUT2D eigenvalue weighted by Gasteiger charge is -2.13. The number of nitrogens with one attached hydrogen (secondary N) is 2. The molecule has 22 heavy (non-hydrogen) atoms. The highest BCUT2D eigenvalue weighted by Gasteiger charge is 2.20. The number of likely N-dealkylation sites (N-methyl/N-ethyl adjacent to an activating group) is 1. The van der Waals surface area contributed by atoms with Crippen molar-refractivity contribution in [2.75, 3.05) is 46.9 Å². The summed E-state index contributed by atoms with van der Waals surface area (Å²) >= 11 is 0. The zero-order valence-electron chi connectivity index (χ0n) is 14.4. The van der Waals surface area contributed by atoms with E-state index in [1.54, 1.807) is 19.0 Å². The van der Waals surface area contributed by atoms with Crippen molar-refractivity contribution in [3.05, 3.63) is 0 Å². The number of hydrogen-bond donors (Lipinski definition) is 2. The van der Waals surface area contributed by atoms with Crippen LogP contribution in [0.5, 0.6) is 0 Å². The van der Waals surface area contributed by atoms with Crippen molar-refractivity contribution in [2.45, 2.75) is 39.0 Å². The maximum Gasteiger partial charge on any atom is 0.243 e. The van der Waals surface area contributed by atoms with Crippen LogP contribution in [0.25, 0.3) is 0 Å². The van der Waals surface area contributed by atoms with Crippen molar-refractivity contribution >= 4 is 11.9 Å². The van der Waals surface area contributed by atoms with Gasteiger partial charge in [0.2, 0.25) is 5.91 Å². The average Bonchev–Trinajstić information content (AvgIpc) is 3.31. The SMILES string of the molecule is CCCCNC(=NCC(=O)N(C)C)NCCCOCC1CC1. The molecule has 6 nitrogen and oxygen atoms in total. The van der Waals surface area contributed by atoms with Crippen LogP contribution in [0.1, 0.15) is 39.0 Å². The highest BCUT2D eigenvalue weighted by molar-refractivity contribution is 5.84. The number of unbranched alkanes of at least 4 members (excludes halogenated alkanes) is 1. The van der Waals surface area contributed by atoms with E-state index in [9.17, 15) is 4.79 Å². The highest BCUT2D eigenvalue weighted by Crippen LogP contribution is 2.28. The second-order valence-corrected chi connectivity index (χ2v) is 6.03. The molecule has 0 aromatic heterocycles. The third-order valence-electron chi connectivity index (χ3n) is 3.50. The molecule has 1 aliphatic rings. The Balaban J connectivity index is 2.19. The van der Waals surface area contributed by atoms with E-state index in [-0.39, 0.29) is 12.5 Å². The number of ether oxygens (including phenoxy) is 1. The van der Waals surface area contributed by atoms with Crippen LogP contribution in [0, 0.1) is 5.92 Å². The van der Waals surface area contributed by atoms with Crippen LogP contribution in [-0.2, 0) is 9.53 Å². The summed E-state index contributed by atoms with van der Waals surface area (Å²) < 4.78 is 5.61. The Kier molecular flexibility index (Phi) is 9.62. The lowest BCUT2D eigenvalue weighted by atomic mass is 10.3. The topological polar surface area (TPSA) is 66.0 Å². The van der Waals surface area contributed by atoms with Gasteiger partial charge in [0.25, 0.3) is 0 Å². The zero-order valence-corrected chi connectivity index (χ0v) is 14.4. The summed E-state index contributed by atoms with van der Waals surface area (Å²) in [5.41, 5.74) is 0. The molecule has 0 heterocycles. The number of nitrogens with zero attached hydrogens (tertiary/aromatic N) is 2. The minimum absolute atomic E-state index is 0.00404. The van der Waals surface area contributed by atoms with Gasteiger partial charge in [-0.2, -0.15) is 0 Å². The third kappa shape index (κ3) is 9.60. The number of rotatable bonds is 11. The maximum absolute atomic E-state index is 11.6. The normalized spacial score (nSPS) is 14.8. The van der Waals surface area contributed by atoms with Gasteiger partial charge in [-0.3, -0.25) is 4.79 Å². The Morgan fingerprint density at radius 3 is 2.50 bits per heavy atom. The molecule has 1 fully saturated rings. The van der Waals surface area contributed by atoms with E-state index in [4.69, 9.17) is 4.74 Å². The van der Waals surface area contributed by atoms with Crippen LogP contribution in [-0.4, -0.2) is 63.7 Å². The summed E-state index contributed by atoms with van der Waals surface area (Å²) in [6.07, 6.45) is 5.83. The van der Waals surface area contributed by atoms with Crippen molar-refractivity contribution in [1.82, 2.24) is 15.5 Å². The second-order valence-electron chi connectivity index (χ2n) is 6.03. The average molecular weight is 312 g/mol. The van der Waals surface area contributed by atoms with Gasteiger partial charge in [0.1, 0.15) is 6.54 Å². The molecule has 0 unspecified atom stereocenters. The molecular formula is C16H32N4O2. The van der Waals surface area contributed by atoms with Crippen molar-refractivity contribution < 1.29 is 9.53 Å². The van der Waals surface area contributed by atoms with E-state index in [1.165, 1.54) is 12.8 Å². The van der Waals surface area contributed by atoms with E-state index >= 15 is 0 Å². The minimum atomic E-state index is 0.00404. The van der Waals surface area contributed by atoms with E-state index in [2.05, 4.69) is 22.5 Å². The molecule has 0 aromatic carbocycles. The van der Waals surface area contributed by atoms with Crippen molar-refractivity contribution in [3.8, 4) is 0 Å². The van der Waals surface area contributed by atoms with Crippen LogP contribution >= 0.6 is 0 Å². The number of carbonyl (C=O) groups excluding carboxylic acids is 1. The molecule has 0 aromatic rings. The quantitative estimate of drug-likeness (QED) is 0.342. The van der Waals surface area contributed by atoms with Crippen LogP contribution in [0.2, 0.25) is 0 Å². The lowest BCUT2D eigenvalue weighted by Crippen LogP contribution is -2.39. The van der Waals surface area contributed by atoms with Gasteiger partial charge in [-0.15, -0.1) is 0 Å². The number of amides is 1. The molecule has 1 rings (SSSR count). The molecular weight excluding hydrogens is 280 g/mol. The van der Waals surface area contributed by atoms with Gasteiger partial charge < -0.3 is 20.3 Å². The molecule has 0 bridgehead atoms. The van der Waals surface area contributed by atoms with E-state index < -0.39 is 0 Å². The third-order valence-corrected chi connectivity index (χ3v) is 3.50. The molecule has 0 aliphatic heterocycles. The van der Waals surface area contributed by atoms with Gasteiger partial charge in [0, 0.05) is 40.4 Å². The second kappa shape index (κ2) is 11.3. The molecule has 0 saturated heterocycles. The van der Waals surface area contributed by atoms with E-state index in [0.29, 0.717) is 5.96 Å². The van der Waals surface area contributed by atoms with Gasteiger partial charge in [0.05, 0.1) is 0 Å². The van der Waals surface area contributed by atoms with Crippen LogP contribution < -0.4 is 10.6 Å². The molecule has 128 valence electrons. The number of carbonyl (C=O) groups is 1. The number of aliphatic imine (C=N–C) groups is 1. The Bertz CT molecular complexity index is 341. The van der Waals surface area contributed by atoms with Crippen LogP contribution in [0.3, 0.4) is 0 Å². The van der Waals surface area contributed by atoms with E-state index in [0.717, 1.165) is 51.5 Å². The summed E-state index contributed by atoms with van der Waals surface area (Å²) in [5.74, 6) is 1.54. The number of hydrogen-bond acceptors (Lipinski definition) is 3. The Hall–Kier alpha value is -1.30. The first kappa shape index (κ1) is 18.7. The molecule has 2 N–H and O–H groups in total. The lowest BCUT2D eigenvalue weighted by molar-refractivity contribution is -0.127. The summed E-state index contributed by atoms with van der Waals surface area (Å²) in [5, 5.41) is 6.53. The highest BCUT2D eigenvalue weighted by atomic mass is 16.5. The maximum atomic E-state index is 11.6. The van der Waals surface area contributed by atoms with Gasteiger partial charge in [-0.05, 0) is 31.6 Å². The van der Waals surface area contributed by atoms with Gasteiger partial charge in [-0.25, -0.2) is 4.99 Å². The molecule has 1 amide bonds. The van der Waals surface area contributed by atoms with Crippen molar-refractivity contribution in [1.29, 1.82) is 0 Å². The first-order valence-corrected chi connectivity index (χ1v) is 8.43. The molecule has 1 saturated carbocycles. The molecule has 6 heteroatoms. The fourth-order valence-corrected chi connectivity index (χ4v) is 1.76. The summed E-state index contributed by atoms with van der Waals surface area (Å²) in [7, 11) is 3.49. The van der Waals surface area contributed by atoms with Crippen LogP contribution in [0.15, 0.2) is 4.99 Å². The molecule has 0 atom stereocenters. The summed E-state index contributed by atoms with van der Waals surface area (Å²) in [6, 6.07) is 0. The summed E-state index contributed by atoms with van der Waals surface area (Å²) in [4.78, 5) is 17.5. The minimum Gasteiger partial charge on any atom is -0.381 e. The van der Waals surface area contributed by atoms with Gasteiger partial charge >= 0.3 is 0 Å². The fraction of sp³-hybridized carbons (Fsp3) is 0.875. The van der Waals surface area contributed by atoms with E-state index in [1.807, 2.05) is 0 Å². The Labute approximate surface area is 134 Å². The molecule has 1 aliphatic carbocycles. The smallest absolute Gasteiger partial charge is 0.243 e. The first-order valence-electron chi connectivity index (χ1n) is 8.43.